The number of hydrogen-bond donors (Lipinski definition) is 0. The number of hydrogen-bond acceptors (Lipinski definition) is 4. The van der Waals surface area contributed by atoms with Gasteiger partial charge in [-0.05, 0) is 35.2 Å². The van der Waals surface area contributed by atoms with E-state index in [0.717, 1.165) is 32.1 Å². The van der Waals surface area contributed by atoms with Crippen LogP contribution in [0.25, 0.3) is 0 Å². The van der Waals surface area contributed by atoms with E-state index in [1.165, 1.54) is 18.4 Å². The molecule has 1 saturated heterocycles. The molecule has 3 rings (SSSR count). The van der Waals surface area contributed by atoms with Gasteiger partial charge in [-0.3, -0.25) is 4.90 Å². The Morgan fingerprint density at radius 2 is 2.45 bits per heavy atom. The zero-order valence-corrected chi connectivity index (χ0v) is 12.7. The predicted molar refractivity (Wildman–Crippen MR) is 80.6 cm³/mol. The number of rotatable bonds is 6. The van der Waals surface area contributed by atoms with Crippen LogP contribution >= 0.6 is 11.3 Å². The van der Waals surface area contributed by atoms with Crippen LogP contribution in [0.4, 0.5) is 0 Å². The normalized spacial score (nSPS) is 19.0. The molecule has 0 saturated carbocycles. The third-order valence-corrected chi connectivity index (χ3v) is 4.49. The summed E-state index contributed by atoms with van der Waals surface area (Å²) in [6, 6.07) is 2.20. The van der Waals surface area contributed by atoms with Gasteiger partial charge in [0.25, 0.3) is 0 Å². The van der Waals surface area contributed by atoms with Crippen molar-refractivity contribution in [3.05, 3.63) is 40.6 Å². The maximum Gasteiger partial charge on any atom is 0.122 e. The van der Waals surface area contributed by atoms with Gasteiger partial charge in [0.15, 0.2) is 0 Å². The van der Waals surface area contributed by atoms with Crippen LogP contribution in [0.5, 0.6) is 0 Å². The molecule has 5 heteroatoms. The number of nitrogens with zero attached hydrogens (tertiary/aromatic N) is 3. The summed E-state index contributed by atoms with van der Waals surface area (Å²) < 4.78 is 7.88. The quantitative estimate of drug-likeness (QED) is 0.819. The molecule has 0 aromatic carbocycles. The van der Waals surface area contributed by atoms with E-state index >= 15 is 0 Å². The fraction of sp³-hybridized carbons (Fsp3) is 0.533. The van der Waals surface area contributed by atoms with Crippen molar-refractivity contribution >= 4 is 11.3 Å². The van der Waals surface area contributed by atoms with Crippen molar-refractivity contribution in [2.45, 2.75) is 32.0 Å². The molecule has 0 N–H and O–H groups in total. The highest BCUT2D eigenvalue weighted by molar-refractivity contribution is 7.07. The van der Waals surface area contributed by atoms with Crippen molar-refractivity contribution in [1.29, 1.82) is 0 Å². The number of thiophene rings is 1. The van der Waals surface area contributed by atoms with Crippen molar-refractivity contribution in [1.82, 2.24) is 14.5 Å². The van der Waals surface area contributed by atoms with Crippen molar-refractivity contribution in [2.24, 2.45) is 7.05 Å². The SMILES string of the molecule is Cn1ccnc1CN(Cc1ccsc1)C[C@@H]1CCCO1. The van der Waals surface area contributed by atoms with Gasteiger partial charge in [0.2, 0.25) is 0 Å². The minimum Gasteiger partial charge on any atom is -0.377 e. The van der Waals surface area contributed by atoms with Crippen LogP contribution < -0.4 is 0 Å². The monoisotopic (exact) mass is 291 g/mol. The minimum absolute atomic E-state index is 0.383. The minimum atomic E-state index is 0.383. The van der Waals surface area contributed by atoms with E-state index in [4.69, 9.17) is 4.74 Å². The summed E-state index contributed by atoms with van der Waals surface area (Å²) in [6.45, 7) is 3.75. The predicted octanol–water partition coefficient (Wildman–Crippen LogP) is 2.66. The van der Waals surface area contributed by atoms with Gasteiger partial charge in [-0.25, -0.2) is 4.98 Å². The number of ether oxygens (including phenoxy) is 1. The molecule has 108 valence electrons. The first-order valence-electron chi connectivity index (χ1n) is 7.12. The van der Waals surface area contributed by atoms with E-state index in [-0.39, 0.29) is 0 Å². The lowest BCUT2D eigenvalue weighted by Crippen LogP contribution is -2.32. The summed E-state index contributed by atoms with van der Waals surface area (Å²) in [5.41, 5.74) is 1.38. The second-order valence-corrected chi connectivity index (χ2v) is 6.17. The molecule has 4 nitrogen and oxygen atoms in total. The van der Waals surface area contributed by atoms with Crippen LogP contribution in [0.1, 0.15) is 24.2 Å². The second kappa shape index (κ2) is 6.52. The van der Waals surface area contributed by atoms with Crippen molar-refractivity contribution in [2.75, 3.05) is 13.2 Å². The second-order valence-electron chi connectivity index (χ2n) is 5.39. The van der Waals surface area contributed by atoms with Gasteiger partial charge in [-0.2, -0.15) is 11.3 Å². The lowest BCUT2D eigenvalue weighted by molar-refractivity contribution is 0.0667. The van der Waals surface area contributed by atoms with E-state index in [0.29, 0.717) is 6.10 Å². The Kier molecular flexibility index (Phi) is 4.50. The molecule has 1 fully saturated rings. The molecule has 0 amide bonds. The summed E-state index contributed by atoms with van der Waals surface area (Å²) in [5, 5.41) is 4.36. The molecular weight excluding hydrogens is 270 g/mol. The number of aryl methyl sites for hydroxylation is 1. The molecule has 1 atom stereocenters. The van der Waals surface area contributed by atoms with Crippen LogP contribution in [-0.2, 0) is 24.9 Å². The number of imidazole rings is 1. The Morgan fingerprint density at radius 1 is 1.50 bits per heavy atom. The smallest absolute Gasteiger partial charge is 0.122 e. The van der Waals surface area contributed by atoms with Crippen LogP contribution in [0.2, 0.25) is 0 Å². The summed E-state index contributed by atoms with van der Waals surface area (Å²) in [4.78, 5) is 6.89. The number of aromatic nitrogens is 2. The van der Waals surface area contributed by atoms with Gasteiger partial charge in [0.05, 0.1) is 12.6 Å². The summed E-state index contributed by atoms with van der Waals surface area (Å²) in [6.07, 6.45) is 6.63. The molecule has 0 radical (unpaired) electrons. The van der Waals surface area contributed by atoms with Gasteiger partial charge in [-0.1, -0.05) is 0 Å². The lowest BCUT2D eigenvalue weighted by Gasteiger charge is -2.24. The molecule has 2 aromatic rings. The summed E-state index contributed by atoms with van der Waals surface area (Å²) in [5.74, 6) is 1.11. The highest BCUT2D eigenvalue weighted by Gasteiger charge is 2.20. The zero-order chi connectivity index (χ0) is 13.8. The van der Waals surface area contributed by atoms with Gasteiger partial charge < -0.3 is 9.30 Å². The van der Waals surface area contributed by atoms with Crippen LogP contribution in [0.15, 0.2) is 29.2 Å². The molecule has 0 bridgehead atoms. The van der Waals surface area contributed by atoms with Crippen molar-refractivity contribution in [3.63, 3.8) is 0 Å². The molecule has 0 aliphatic carbocycles. The standard InChI is InChI=1S/C15H21N3OS/c1-17-6-5-16-15(17)11-18(9-13-4-8-20-12-13)10-14-3-2-7-19-14/h4-6,8,12,14H,2-3,7,9-11H2,1H3/t14-/m0/s1. The Labute approximate surface area is 124 Å². The molecular formula is C15H21N3OS. The molecule has 3 heterocycles. The fourth-order valence-electron chi connectivity index (χ4n) is 2.65. The van der Waals surface area contributed by atoms with E-state index in [9.17, 15) is 0 Å². The van der Waals surface area contributed by atoms with E-state index in [1.54, 1.807) is 11.3 Å². The molecule has 2 aromatic heterocycles. The van der Waals surface area contributed by atoms with Crippen molar-refractivity contribution < 1.29 is 4.74 Å². The van der Waals surface area contributed by atoms with Gasteiger partial charge >= 0.3 is 0 Å². The molecule has 0 spiro atoms. The highest BCUT2D eigenvalue weighted by atomic mass is 32.1. The van der Waals surface area contributed by atoms with E-state index < -0.39 is 0 Å². The van der Waals surface area contributed by atoms with Gasteiger partial charge in [-0.15, -0.1) is 0 Å². The molecule has 1 aliphatic heterocycles. The van der Waals surface area contributed by atoms with Crippen molar-refractivity contribution in [3.8, 4) is 0 Å². The topological polar surface area (TPSA) is 30.3 Å². The van der Waals surface area contributed by atoms with Crippen LogP contribution in [0.3, 0.4) is 0 Å². The molecule has 0 unspecified atom stereocenters. The first-order valence-corrected chi connectivity index (χ1v) is 8.07. The lowest BCUT2D eigenvalue weighted by atomic mass is 10.2. The third kappa shape index (κ3) is 3.48. The first kappa shape index (κ1) is 13.8. The van der Waals surface area contributed by atoms with Gasteiger partial charge in [0, 0.05) is 39.1 Å². The average molecular weight is 291 g/mol. The Balaban J connectivity index is 1.67. The average Bonchev–Trinajstić information content (AvgIpc) is 3.15. The maximum atomic E-state index is 5.79. The highest BCUT2D eigenvalue weighted by Crippen LogP contribution is 2.17. The summed E-state index contributed by atoms with van der Waals surface area (Å²) >= 11 is 1.76. The third-order valence-electron chi connectivity index (χ3n) is 3.76. The van der Waals surface area contributed by atoms with Gasteiger partial charge in [0.1, 0.15) is 5.82 Å². The fourth-order valence-corrected chi connectivity index (χ4v) is 3.31. The molecule has 20 heavy (non-hydrogen) atoms. The Morgan fingerprint density at radius 3 is 3.10 bits per heavy atom. The van der Waals surface area contributed by atoms with Crippen LogP contribution in [-0.4, -0.2) is 33.7 Å². The summed E-state index contributed by atoms with van der Waals surface area (Å²) in [7, 11) is 2.05. The zero-order valence-electron chi connectivity index (χ0n) is 11.9. The Bertz CT molecular complexity index is 517. The van der Waals surface area contributed by atoms with E-state index in [1.807, 2.05) is 12.4 Å². The van der Waals surface area contributed by atoms with Crippen LogP contribution in [0, 0.1) is 0 Å². The van der Waals surface area contributed by atoms with E-state index in [2.05, 4.69) is 38.3 Å². The first-order chi connectivity index (χ1) is 9.81. The molecule has 1 aliphatic rings. The maximum absolute atomic E-state index is 5.79. The largest absolute Gasteiger partial charge is 0.377 e. The Hall–Kier alpha value is -1.17.